The van der Waals surface area contributed by atoms with E-state index in [4.69, 9.17) is 4.74 Å². The number of halogens is 1. The molecule has 2 fully saturated rings. The van der Waals surface area contributed by atoms with E-state index >= 15 is 4.39 Å². The monoisotopic (exact) mass is 394 g/mol. The van der Waals surface area contributed by atoms with Crippen molar-refractivity contribution >= 4 is 10.8 Å². The highest BCUT2D eigenvalue weighted by Gasteiger charge is 2.49. The Morgan fingerprint density at radius 2 is 2.10 bits per heavy atom. The van der Waals surface area contributed by atoms with Crippen molar-refractivity contribution in [2.24, 2.45) is 0 Å². The van der Waals surface area contributed by atoms with E-state index in [1.165, 1.54) is 6.20 Å². The third kappa shape index (κ3) is 3.29. The molecule has 5 rings (SSSR count). The molecule has 2 aliphatic rings. The second kappa shape index (κ2) is 6.91. The Hall–Kier alpha value is -2.80. The van der Waals surface area contributed by atoms with Crippen LogP contribution in [0, 0.1) is 0 Å². The van der Waals surface area contributed by atoms with E-state index in [1.807, 2.05) is 19.1 Å². The highest BCUT2D eigenvalue weighted by atomic mass is 19.1. The largest absolute Gasteiger partial charge is 0.507 e. The van der Waals surface area contributed by atoms with Crippen LogP contribution in [0.25, 0.3) is 22.0 Å². The molecule has 29 heavy (non-hydrogen) atoms. The summed E-state index contributed by atoms with van der Waals surface area (Å²) in [4.78, 5) is 12.8. The van der Waals surface area contributed by atoms with E-state index in [9.17, 15) is 5.11 Å². The average molecular weight is 394 g/mol. The van der Waals surface area contributed by atoms with Crippen molar-refractivity contribution in [2.45, 2.75) is 56.5 Å². The van der Waals surface area contributed by atoms with Gasteiger partial charge in [-0.1, -0.05) is 0 Å². The van der Waals surface area contributed by atoms with Crippen molar-refractivity contribution in [2.75, 3.05) is 0 Å². The lowest BCUT2D eigenvalue weighted by Gasteiger charge is -2.49. The van der Waals surface area contributed by atoms with Crippen molar-refractivity contribution in [1.82, 2.24) is 20.3 Å². The molecule has 0 radical (unpaired) electrons. The Balaban J connectivity index is 1.38. The van der Waals surface area contributed by atoms with Gasteiger partial charge in [0.05, 0.1) is 23.6 Å². The summed E-state index contributed by atoms with van der Waals surface area (Å²) in [6.07, 6.45) is 8.34. The lowest BCUT2D eigenvalue weighted by Crippen LogP contribution is -2.66. The smallest absolute Gasteiger partial charge is 0.232 e. The van der Waals surface area contributed by atoms with Crippen molar-refractivity contribution in [3.05, 3.63) is 43.0 Å². The number of piperidine rings is 2. The number of phenols is 1. The zero-order chi connectivity index (χ0) is 20.0. The summed E-state index contributed by atoms with van der Waals surface area (Å²) in [5, 5.41) is 15.6. The normalized spacial score (nSPS) is 29.0. The molecule has 2 aromatic heterocycles. The minimum atomic E-state index is -1.10. The van der Waals surface area contributed by atoms with Crippen molar-refractivity contribution in [3.8, 4) is 22.9 Å². The molecule has 0 spiro atoms. The number of aromatic nitrogens is 3. The van der Waals surface area contributed by atoms with Crippen molar-refractivity contribution in [1.29, 1.82) is 0 Å². The first-order chi connectivity index (χ1) is 14.0. The van der Waals surface area contributed by atoms with Gasteiger partial charge in [0, 0.05) is 35.8 Å². The second-order valence-electron chi connectivity index (χ2n) is 8.28. The first-order valence-electron chi connectivity index (χ1n) is 9.99. The number of alkyl halides is 1. The standard InChI is InChI=1S/C22H23FN4O2/c1-22-5-2-3-15(27-22)9-19(21(22)23)29-20-12-25-17(11-26-20)16-7-13-4-6-24-10-14(13)8-18(16)28/h4,6-8,10-12,15,19,21,27-28H,2-3,5,9H2,1H3/t15-,19-,21+,22+/m1/s1. The predicted molar refractivity (Wildman–Crippen MR) is 108 cm³/mol. The van der Waals surface area contributed by atoms with Crippen molar-refractivity contribution in [3.63, 3.8) is 0 Å². The molecule has 2 saturated heterocycles. The molecule has 6 nitrogen and oxygen atoms in total. The maximum absolute atomic E-state index is 15.1. The molecule has 2 aliphatic heterocycles. The minimum Gasteiger partial charge on any atom is -0.507 e. The number of hydrogen-bond donors (Lipinski definition) is 2. The van der Waals surface area contributed by atoms with Crippen molar-refractivity contribution < 1.29 is 14.2 Å². The molecule has 4 heterocycles. The molecule has 3 aromatic rings. The van der Waals surface area contributed by atoms with Gasteiger partial charge in [-0.15, -0.1) is 0 Å². The molecule has 0 saturated carbocycles. The van der Waals surface area contributed by atoms with Crippen LogP contribution in [0.4, 0.5) is 4.39 Å². The summed E-state index contributed by atoms with van der Waals surface area (Å²) in [6.45, 7) is 1.94. The SMILES string of the molecule is C[C@]12CCC[C@H](C[C@@H](Oc3cnc(-c4cc5ccncc5cc4O)cn3)[C@@H]1F)N2. The third-order valence-electron chi connectivity index (χ3n) is 6.17. The van der Waals surface area contributed by atoms with E-state index in [0.29, 0.717) is 23.6 Å². The Bertz CT molecular complexity index is 1040. The summed E-state index contributed by atoms with van der Waals surface area (Å²) in [6, 6.07) is 5.66. The Labute approximate surface area is 168 Å². The number of hydrogen-bond acceptors (Lipinski definition) is 6. The molecule has 2 bridgehead atoms. The molecular weight excluding hydrogens is 371 g/mol. The fraction of sp³-hybridized carbons (Fsp3) is 0.409. The lowest BCUT2D eigenvalue weighted by molar-refractivity contribution is -0.0347. The molecule has 4 atom stereocenters. The minimum absolute atomic E-state index is 0.108. The maximum Gasteiger partial charge on any atom is 0.232 e. The first-order valence-corrected chi connectivity index (χ1v) is 9.99. The number of rotatable bonds is 3. The summed E-state index contributed by atoms with van der Waals surface area (Å²) < 4.78 is 21.0. The van der Waals surface area contributed by atoms with Gasteiger partial charge in [-0.25, -0.2) is 14.4 Å². The number of benzene rings is 1. The van der Waals surface area contributed by atoms with Gasteiger partial charge in [0.1, 0.15) is 11.9 Å². The van der Waals surface area contributed by atoms with Crippen LogP contribution in [0.2, 0.25) is 0 Å². The lowest BCUT2D eigenvalue weighted by atomic mass is 9.75. The molecule has 1 aromatic carbocycles. The van der Waals surface area contributed by atoms with Crippen LogP contribution in [-0.4, -0.2) is 43.9 Å². The second-order valence-corrected chi connectivity index (χ2v) is 8.28. The predicted octanol–water partition coefficient (Wildman–Crippen LogP) is 3.79. The van der Waals surface area contributed by atoms with Gasteiger partial charge in [-0.2, -0.15) is 0 Å². The molecule has 0 aliphatic carbocycles. The van der Waals surface area contributed by atoms with Gasteiger partial charge in [-0.05, 0) is 49.8 Å². The zero-order valence-corrected chi connectivity index (χ0v) is 16.2. The van der Waals surface area contributed by atoms with Gasteiger partial charge in [-0.3, -0.25) is 4.98 Å². The number of fused-ring (bicyclic) bond motifs is 3. The quantitative estimate of drug-likeness (QED) is 0.704. The zero-order valence-electron chi connectivity index (χ0n) is 16.2. The summed E-state index contributed by atoms with van der Waals surface area (Å²) >= 11 is 0. The van der Waals surface area contributed by atoms with Crippen LogP contribution in [0.3, 0.4) is 0 Å². The van der Waals surface area contributed by atoms with Gasteiger partial charge in [0.2, 0.25) is 5.88 Å². The Morgan fingerprint density at radius 1 is 1.21 bits per heavy atom. The molecular formula is C22H23FN4O2. The summed E-state index contributed by atoms with van der Waals surface area (Å²) in [5.41, 5.74) is 0.569. The van der Waals surface area contributed by atoms with E-state index < -0.39 is 17.8 Å². The summed E-state index contributed by atoms with van der Waals surface area (Å²) in [7, 11) is 0. The fourth-order valence-electron chi connectivity index (χ4n) is 4.64. The van der Waals surface area contributed by atoms with E-state index in [-0.39, 0.29) is 11.8 Å². The summed E-state index contributed by atoms with van der Waals surface area (Å²) in [5.74, 6) is 0.408. The van der Waals surface area contributed by atoms with Crippen LogP contribution < -0.4 is 10.1 Å². The number of pyridine rings is 1. The molecule has 0 amide bonds. The third-order valence-corrected chi connectivity index (χ3v) is 6.17. The van der Waals surface area contributed by atoms with E-state index in [0.717, 1.165) is 30.0 Å². The maximum atomic E-state index is 15.1. The molecule has 150 valence electrons. The van der Waals surface area contributed by atoms with Gasteiger partial charge < -0.3 is 15.2 Å². The topological polar surface area (TPSA) is 80.2 Å². The Morgan fingerprint density at radius 3 is 2.93 bits per heavy atom. The number of nitrogens with one attached hydrogen (secondary N) is 1. The Kier molecular flexibility index (Phi) is 4.35. The van der Waals surface area contributed by atoms with Gasteiger partial charge in [0.15, 0.2) is 6.17 Å². The van der Waals surface area contributed by atoms with Crippen LogP contribution in [-0.2, 0) is 0 Å². The first kappa shape index (κ1) is 18.2. The van der Waals surface area contributed by atoms with Gasteiger partial charge >= 0.3 is 0 Å². The molecule has 2 N–H and O–H groups in total. The van der Waals surface area contributed by atoms with E-state index in [2.05, 4.69) is 20.3 Å². The molecule has 7 heteroatoms. The number of aromatic hydroxyl groups is 1. The number of nitrogens with zero attached hydrogens (tertiary/aromatic N) is 3. The average Bonchev–Trinajstić information content (AvgIpc) is 2.72. The highest BCUT2D eigenvalue weighted by Crippen LogP contribution is 2.37. The molecule has 0 unspecified atom stereocenters. The van der Waals surface area contributed by atoms with Gasteiger partial charge in [0.25, 0.3) is 0 Å². The number of ether oxygens (including phenoxy) is 1. The fourth-order valence-corrected chi connectivity index (χ4v) is 4.64. The highest BCUT2D eigenvalue weighted by molar-refractivity contribution is 5.89. The van der Waals surface area contributed by atoms with Crippen LogP contribution in [0.5, 0.6) is 11.6 Å². The number of phenolic OH excluding ortho intramolecular Hbond substituents is 1. The van der Waals surface area contributed by atoms with Crippen LogP contribution in [0.1, 0.15) is 32.6 Å². The van der Waals surface area contributed by atoms with Crippen LogP contribution >= 0.6 is 0 Å². The van der Waals surface area contributed by atoms with E-state index in [1.54, 1.807) is 24.7 Å². The van der Waals surface area contributed by atoms with Crippen LogP contribution in [0.15, 0.2) is 43.0 Å².